The molecule has 2 aliphatic rings. The van der Waals surface area contributed by atoms with Gasteiger partial charge < -0.3 is 0 Å². The lowest BCUT2D eigenvalue weighted by Gasteiger charge is -2.17. The van der Waals surface area contributed by atoms with Crippen molar-refractivity contribution < 1.29 is 13.9 Å². The molecule has 1 spiro atoms. The Balaban J connectivity index is 1.85. The second kappa shape index (κ2) is 4.98. The van der Waals surface area contributed by atoms with Crippen molar-refractivity contribution in [3.8, 4) is 22.5 Å². The molecule has 6 rings (SSSR count). The van der Waals surface area contributed by atoms with Gasteiger partial charge in [0, 0.05) is 29.8 Å². The summed E-state index contributed by atoms with van der Waals surface area (Å²) in [7, 11) is 0. The van der Waals surface area contributed by atoms with Crippen molar-refractivity contribution in [2.24, 2.45) is 0 Å². The average Bonchev–Trinajstić information content (AvgIpc) is 3.21. The monoisotopic (exact) mass is 348 g/mol. The number of aromatic nitrogens is 2. The topological polar surface area (TPSA) is 24.8 Å². The van der Waals surface area contributed by atoms with Gasteiger partial charge in [0.15, 0.2) is 12.4 Å². The Hall–Kier alpha value is -3.59. The number of benzene rings is 2. The Morgan fingerprint density at radius 3 is 2.04 bits per heavy atom. The fourth-order valence-electron chi connectivity index (χ4n) is 4.83. The van der Waals surface area contributed by atoms with Crippen LogP contribution in [0.25, 0.3) is 22.5 Å². The number of aldehydes is 1. The van der Waals surface area contributed by atoms with Crippen molar-refractivity contribution in [1.82, 2.24) is 0 Å². The van der Waals surface area contributed by atoms with Gasteiger partial charge in [-0.05, 0) is 36.4 Å². The Kier molecular flexibility index (Phi) is 2.69. The van der Waals surface area contributed by atoms with Crippen LogP contribution in [-0.4, -0.2) is 6.29 Å². The SMILES string of the molecule is O=Cc1ccc2c(c1)-c1cccc[n+]1C21c2ccccc2-c2cccc[n+]21. The molecule has 0 saturated heterocycles. The van der Waals surface area contributed by atoms with Crippen molar-refractivity contribution >= 4 is 6.29 Å². The number of nitrogens with zero attached hydrogens (tertiary/aromatic N) is 2. The molecule has 0 bridgehead atoms. The van der Waals surface area contributed by atoms with Crippen molar-refractivity contribution in [2.75, 3.05) is 0 Å². The maximum atomic E-state index is 11.4. The summed E-state index contributed by atoms with van der Waals surface area (Å²) in [4.78, 5) is 11.4. The van der Waals surface area contributed by atoms with E-state index in [0.29, 0.717) is 5.56 Å². The minimum absolute atomic E-state index is 0.472. The summed E-state index contributed by atoms with van der Waals surface area (Å²) in [5, 5.41) is 0. The smallest absolute Gasteiger partial charge is 0.298 e. The van der Waals surface area contributed by atoms with Crippen molar-refractivity contribution in [3.63, 3.8) is 0 Å². The lowest BCUT2D eigenvalue weighted by atomic mass is 9.89. The van der Waals surface area contributed by atoms with Crippen molar-refractivity contribution in [1.29, 1.82) is 0 Å². The standard InChI is InChI=1S/C24H16N2O/c27-16-17-11-12-21-19(15-17)23-10-4-6-14-26(23)24(21)20-8-2-1-7-18(20)22-9-3-5-13-25(22)24/h1-16H/q+2. The molecule has 3 nitrogen and oxygen atoms in total. The molecule has 1 atom stereocenters. The summed E-state index contributed by atoms with van der Waals surface area (Å²) in [5.74, 6) is 0. The van der Waals surface area contributed by atoms with Gasteiger partial charge in [0.2, 0.25) is 11.4 Å². The fraction of sp³-hybridized carbons (Fsp3) is 0.0417. The number of hydrogen-bond acceptors (Lipinski definition) is 1. The van der Waals surface area contributed by atoms with Crippen LogP contribution in [0, 0.1) is 0 Å². The van der Waals surface area contributed by atoms with Gasteiger partial charge in [-0.2, -0.15) is 0 Å². The van der Waals surface area contributed by atoms with Crippen LogP contribution in [-0.2, 0) is 5.66 Å². The molecular formula is C24H16N2O+2. The zero-order valence-corrected chi connectivity index (χ0v) is 14.5. The summed E-state index contributed by atoms with van der Waals surface area (Å²) in [6.45, 7) is 0. The highest BCUT2D eigenvalue weighted by molar-refractivity contribution is 5.81. The third-order valence-corrected chi connectivity index (χ3v) is 5.83. The number of carbonyl (C=O) groups excluding carboxylic acids is 1. The molecule has 126 valence electrons. The maximum absolute atomic E-state index is 11.4. The highest BCUT2D eigenvalue weighted by Crippen LogP contribution is 2.46. The first-order valence-electron chi connectivity index (χ1n) is 9.08. The van der Waals surface area contributed by atoms with Gasteiger partial charge in [-0.25, -0.2) is 0 Å². The first-order valence-corrected chi connectivity index (χ1v) is 9.08. The van der Waals surface area contributed by atoms with Crippen LogP contribution in [0.15, 0.2) is 91.3 Å². The summed E-state index contributed by atoms with van der Waals surface area (Å²) in [5.41, 5.74) is 7.35. The molecule has 0 fully saturated rings. The third-order valence-electron chi connectivity index (χ3n) is 5.83. The van der Waals surface area contributed by atoms with E-state index in [1.807, 2.05) is 12.1 Å². The normalized spacial score (nSPS) is 17.9. The van der Waals surface area contributed by atoms with E-state index in [9.17, 15) is 4.79 Å². The first kappa shape index (κ1) is 14.6. The predicted octanol–water partition coefficient (Wildman–Crippen LogP) is 3.33. The zero-order valence-electron chi connectivity index (χ0n) is 14.5. The van der Waals surface area contributed by atoms with Crippen molar-refractivity contribution in [3.05, 3.63) is 108 Å². The van der Waals surface area contributed by atoms with Crippen LogP contribution in [0.1, 0.15) is 21.5 Å². The van der Waals surface area contributed by atoms with E-state index in [0.717, 1.165) is 17.5 Å². The molecule has 1 unspecified atom stereocenters. The van der Waals surface area contributed by atoms with Crippen LogP contribution >= 0.6 is 0 Å². The number of hydrogen-bond donors (Lipinski definition) is 0. The second-order valence-electron chi connectivity index (χ2n) is 7.05. The lowest BCUT2D eigenvalue weighted by Crippen LogP contribution is -2.71. The Labute approximate surface area is 156 Å². The molecule has 0 amide bonds. The van der Waals surface area contributed by atoms with Gasteiger partial charge in [-0.1, -0.05) is 18.2 Å². The highest BCUT2D eigenvalue weighted by atomic mass is 16.1. The summed E-state index contributed by atoms with van der Waals surface area (Å²) >= 11 is 0. The number of rotatable bonds is 1. The lowest BCUT2D eigenvalue weighted by molar-refractivity contribution is -0.955. The molecular weight excluding hydrogens is 332 g/mol. The molecule has 0 saturated carbocycles. The molecule has 2 aromatic heterocycles. The molecule has 2 aromatic carbocycles. The van der Waals surface area contributed by atoms with E-state index in [1.54, 1.807) is 0 Å². The largest absolute Gasteiger partial charge is 0.417 e. The summed E-state index contributed by atoms with van der Waals surface area (Å²) in [6.07, 6.45) is 5.21. The summed E-state index contributed by atoms with van der Waals surface area (Å²) in [6, 6.07) is 27.2. The molecule has 0 aliphatic carbocycles. The number of fused-ring (bicyclic) bond motifs is 10. The van der Waals surface area contributed by atoms with E-state index in [4.69, 9.17) is 0 Å². The average molecular weight is 348 g/mol. The Morgan fingerprint density at radius 1 is 0.667 bits per heavy atom. The molecule has 2 aliphatic heterocycles. The molecule has 0 N–H and O–H groups in total. The van der Waals surface area contributed by atoms with Gasteiger partial charge in [-0.3, -0.25) is 4.79 Å². The van der Waals surface area contributed by atoms with E-state index < -0.39 is 5.66 Å². The maximum Gasteiger partial charge on any atom is 0.417 e. The molecule has 0 radical (unpaired) electrons. The molecule has 4 heterocycles. The third kappa shape index (κ3) is 1.60. The van der Waals surface area contributed by atoms with E-state index in [-0.39, 0.29) is 0 Å². The van der Waals surface area contributed by atoms with Gasteiger partial charge in [-0.15, -0.1) is 9.13 Å². The first-order chi connectivity index (χ1) is 13.4. The molecule has 3 heteroatoms. The number of pyridine rings is 2. The quantitative estimate of drug-likeness (QED) is 0.330. The highest BCUT2D eigenvalue weighted by Gasteiger charge is 2.66. The van der Waals surface area contributed by atoms with Gasteiger partial charge in [0.05, 0.1) is 11.1 Å². The predicted molar refractivity (Wildman–Crippen MR) is 101 cm³/mol. The second-order valence-corrected chi connectivity index (χ2v) is 7.05. The van der Waals surface area contributed by atoms with Crippen LogP contribution in [0.4, 0.5) is 0 Å². The Bertz CT molecular complexity index is 1210. The Morgan fingerprint density at radius 2 is 1.30 bits per heavy atom. The number of carbonyl (C=O) groups is 1. The molecule has 27 heavy (non-hydrogen) atoms. The van der Waals surface area contributed by atoms with E-state index in [2.05, 4.69) is 88.3 Å². The van der Waals surface area contributed by atoms with Crippen molar-refractivity contribution in [2.45, 2.75) is 5.66 Å². The van der Waals surface area contributed by atoms with Crippen LogP contribution in [0.2, 0.25) is 0 Å². The minimum atomic E-state index is -0.472. The van der Waals surface area contributed by atoms with Gasteiger partial charge in [0.1, 0.15) is 17.4 Å². The van der Waals surface area contributed by atoms with Crippen LogP contribution in [0.3, 0.4) is 0 Å². The molecule has 4 aromatic rings. The van der Waals surface area contributed by atoms with Crippen LogP contribution in [0.5, 0.6) is 0 Å². The van der Waals surface area contributed by atoms with Gasteiger partial charge >= 0.3 is 5.66 Å². The van der Waals surface area contributed by atoms with Crippen LogP contribution < -0.4 is 9.13 Å². The van der Waals surface area contributed by atoms with E-state index in [1.165, 1.54) is 22.4 Å². The van der Waals surface area contributed by atoms with Gasteiger partial charge in [0.25, 0.3) is 0 Å². The minimum Gasteiger partial charge on any atom is -0.298 e. The van der Waals surface area contributed by atoms with E-state index >= 15 is 0 Å². The zero-order chi connectivity index (χ0) is 18.0. The fourth-order valence-corrected chi connectivity index (χ4v) is 4.83. The summed E-state index contributed by atoms with van der Waals surface area (Å²) < 4.78 is 4.69.